The number of hydrogen-bond acceptors (Lipinski definition) is 7. The summed E-state index contributed by atoms with van der Waals surface area (Å²) < 4.78 is 74.1. The summed E-state index contributed by atoms with van der Waals surface area (Å²) in [5.41, 5.74) is -3.02. The average Bonchev–Trinajstić information content (AvgIpc) is 3.03. The van der Waals surface area contributed by atoms with E-state index in [1.54, 1.807) is 0 Å². The maximum atomic E-state index is 14.0. The number of nitriles is 1. The highest BCUT2D eigenvalue weighted by Crippen LogP contribution is 2.41. The molecule has 39 heavy (non-hydrogen) atoms. The van der Waals surface area contributed by atoms with E-state index in [1.807, 2.05) is 0 Å². The molecule has 1 N–H and O–H groups in total. The Bertz CT molecular complexity index is 1530. The van der Waals surface area contributed by atoms with Crippen molar-refractivity contribution in [3.05, 3.63) is 53.3 Å². The minimum atomic E-state index is -4.85. The zero-order valence-corrected chi connectivity index (χ0v) is 21.5. The van der Waals surface area contributed by atoms with Gasteiger partial charge in [-0.15, -0.1) is 0 Å². The van der Waals surface area contributed by atoms with Crippen LogP contribution < -0.4 is 14.5 Å². The second-order valence-corrected chi connectivity index (χ2v) is 9.54. The van der Waals surface area contributed by atoms with Crippen LogP contribution in [0.4, 0.5) is 33.3 Å². The molecule has 0 saturated carbocycles. The van der Waals surface area contributed by atoms with Crippen LogP contribution in [0.3, 0.4) is 0 Å². The van der Waals surface area contributed by atoms with E-state index in [9.17, 15) is 26.7 Å². The number of rotatable bonds is 6. The zero-order valence-electron chi connectivity index (χ0n) is 20.7. The number of halogens is 5. The molecule has 1 amide bonds. The van der Waals surface area contributed by atoms with Crippen LogP contribution in [-0.2, 0) is 16.9 Å². The van der Waals surface area contributed by atoms with Crippen molar-refractivity contribution in [3.63, 3.8) is 0 Å². The van der Waals surface area contributed by atoms with Crippen LogP contribution in [0.5, 0.6) is 5.88 Å². The summed E-state index contributed by atoms with van der Waals surface area (Å²) in [6, 6.07) is 8.64. The van der Waals surface area contributed by atoms with Gasteiger partial charge in [-0.05, 0) is 62.5 Å². The highest BCUT2D eigenvalue weighted by Gasteiger charge is 2.51. The van der Waals surface area contributed by atoms with Gasteiger partial charge in [0.1, 0.15) is 12.1 Å². The van der Waals surface area contributed by atoms with Crippen LogP contribution in [0.2, 0.25) is 0 Å². The number of aromatic nitrogens is 2. The first-order valence-corrected chi connectivity index (χ1v) is 11.8. The molecule has 0 spiro atoms. The van der Waals surface area contributed by atoms with Crippen molar-refractivity contribution in [1.29, 1.82) is 5.26 Å². The quantitative estimate of drug-likeness (QED) is 0.332. The van der Waals surface area contributed by atoms with Crippen LogP contribution >= 0.6 is 12.2 Å². The molecular weight excluding hydrogens is 545 g/mol. The van der Waals surface area contributed by atoms with Crippen molar-refractivity contribution in [3.8, 4) is 11.9 Å². The Morgan fingerprint density at radius 1 is 1.10 bits per heavy atom. The number of aliphatic hydroxyl groups is 1. The van der Waals surface area contributed by atoms with E-state index < -0.39 is 47.1 Å². The Labute approximate surface area is 224 Å². The number of thiocarbonyl (C=S) groups is 1. The van der Waals surface area contributed by atoms with E-state index in [4.69, 9.17) is 27.3 Å². The lowest BCUT2D eigenvalue weighted by molar-refractivity contribution is -0.137. The number of fused-ring (bicyclic) bond motifs is 1. The van der Waals surface area contributed by atoms with Gasteiger partial charge in [0.25, 0.3) is 5.91 Å². The van der Waals surface area contributed by atoms with Gasteiger partial charge in [-0.25, -0.2) is 4.98 Å². The number of anilines is 2. The number of benzene rings is 2. The first-order valence-electron chi connectivity index (χ1n) is 11.3. The number of ether oxygens (including phenoxy) is 1. The highest BCUT2D eigenvalue weighted by atomic mass is 32.1. The van der Waals surface area contributed by atoms with Crippen LogP contribution in [-0.4, -0.2) is 44.8 Å². The first-order chi connectivity index (χ1) is 18.1. The van der Waals surface area contributed by atoms with Crippen molar-refractivity contribution >= 4 is 45.5 Å². The lowest BCUT2D eigenvalue weighted by Gasteiger charge is -2.29. The molecule has 1 aliphatic heterocycles. The topological polar surface area (TPSA) is 103 Å². The molecule has 0 bridgehead atoms. The fourth-order valence-corrected chi connectivity index (χ4v) is 4.66. The van der Waals surface area contributed by atoms with Crippen LogP contribution in [0.1, 0.15) is 37.7 Å². The van der Waals surface area contributed by atoms with E-state index in [0.717, 1.165) is 11.0 Å². The fourth-order valence-electron chi connectivity index (χ4n) is 4.14. The molecule has 2 aromatic carbocycles. The number of nitrogens with zero attached hydrogens (tertiary/aromatic N) is 5. The summed E-state index contributed by atoms with van der Waals surface area (Å²) in [5.74, 6) is -5.05. The Kier molecular flexibility index (Phi) is 6.95. The Morgan fingerprint density at radius 3 is 2.36 bits per heavy atom. The number of carbonyl (C=O) groups excluding carboxylic acids is 1. The van der Waals surface area contributed by atoms with E-state index in [2.05, 4.69) is 9.97 Å². The maximum absolute atomic E-state index is 14.0. The highest BCUT2D eigenvalue weighted by molar-refractivity contribution is 7.81. The second kappa shape index (κ2) is 9.65. The Balaban J connectivity index is 1.84. The number of carbonyl (C=O) groups is 1. The van der Waals surface area contributed by atoms with Crippen LogP contribution in [0, 0.1) is 11.3 Å². The van der Waals surface area contributed by atoms with Gasteiger partial charge in [-0.3, -0.25) is 9.69 Å². The molecule has 4 rings (SSSR count). The Morgan fingerprint density at radius 2 is 1.77 bits per heavy atom. The fraction of sp³-hybridized carbons (Fsp3) is 0.320. The van der Waals surface area contributed by atoms with Crippen molar-refractivity contribution in [2.24, 2.45) is 0 Å². The van der Waals surface area contributed by atoms with Crippen molar-refractivity contribution in [2.75, 3.05) is 23.0 Å². The molecule has 0 radical (unpaired) electrons. The summed E-state index contributed by atoms with van der Waals surface area (Å²) in [6.45, 7) is 2.99. The molecule has 2 heterocycles. The third-order valence-corrected chi connectivity index (χ3v) is 6.35. The monoisotopic (exact) mass is 565 g/mol. The minimum Gasteiger partial charge on any atom is -0.475 e. The van der Waals surface area contributed by atoms with Crippen molar-refractivity contribution in [2.45, 2.75) is 38.4 Å². The molecule has 0 unspecified atom stereocenters. The second-order valence-electron chi connectivity index (χ2n) is 9.17. The molecule has 14 heteroatoms. The zero-order chi connectivity index (χ0) is 28.9. The summed E-state index contributed by atoms with van der Waals surface area (Å²) in [7, 11) is 0. The number of aliphatic hydroxyl groups excluding tert-OH is 1. The molecule has 8 nitrogen and oxygen atoms in total. The lowest BCUT2D eigenvalue weighted by Crippen LogP contribution is -2.44. The summed E-state index contributed by atoms with van der Waals surface area (Å²) in [6.07, 6.45) is -4.85. The van der Waals surface area contributed by atoms with Gasteiger partial charge in [-0.1, -0.05) is 0 Å². The molecule has 1 aromatic heterocycles. The van der Waals surface area contributed by atoms with Gasteiger partial charge in [0.15, 0.2) is 5.11 Å². The van der Waals surface area contributed by atoms with Gasteiger partial charge in [0, 0.05) is 12.6 Å². The third kappa shape index (κ3) is 4.95. The molecule has 1 fully saturated rings. The largest absolute Gasteiger partial charge is 0.475 e. The first kappa shape index (κ1) is 28.1. The predicted molar refractivity (Wildman–Crippen MR) is 134 cm³/mol. The van der Waals surface area contributed by atoms with Crippen LogP contribution in [0.25, 0.3) is 10.9 Å². The lowest BCUT2D eigenvalue weighted by atomic mass is 10.0. The standard InChI is InChI=1S/C25H20F5N5O3S/c1-23(2)21(37)34(14-5-4-13(12-31)17(11-14)25(28,29)30)22(39)35(23)15-6-7-18-16(10-15)19(38-9-8-36)33-20(32-18)24(3,26)27/h4-7,10-11,36H,8-9H2,1-3H3. The number of amides is 1. The van der Waals surface area contributed by atoms with E-state index in [-0.39, 0.29) is 39.9 Å². The van der Waals surface area contributed by atoms with Gasteiger partial charge >= 0.3 is 12.1 Å². The number of alkyl halides is 5. The van der Waals surface area contributed by atoms with Crippen molar-refractivity contribution in [1.82, 2.24) is 9.97 Å². The minimum absolute atomic E-state index is 0.0891. The smallest absolute Gasteiger partial charge is 0.417 e. The van der Waals surface area contributed by atoms with Gasteiger partial charge < -0.3 is 14.7 Å². The van der Waals surface area contributed by atoms with Crippen LogP contribution in [0.15, 0.2) is 36.4 Å². The maximum Gasteiger partial charge on any atom is 0.417 e. The molecular formula is C25H20F5N5O3S. The van der Waals surface area contributed by atoms with E-state index >= 15 is 0 Å². The summed E-state index contributed by atoms with van der Waals surface area (Å²) in [5, 5.41) is 18.3. The molecule has 3 aromatic rings. The summed E-state index contributed by atoms with van der Waals surface area (Å²) in [4.78, 5) is 23.5. The normalized spacial score (nSPS) is 15.7. The number of hydrogen-bond donors (Lipinski definition) is 1. The predicted octanol–water partition coefficient (Wildman–Crippen LogP) is 4.92. The molecule has 204 valence electrons. The van der Waals surface area contributed by atoms with Gasteiger partial charge in [0.05, 0.1) is 40.4 Å². The molecule has 0 atom stereocenters. The van der Waals surface area contributed by atoms with Crippen molar-refractivity contribution < 1.29 is 36.6 Å². The average molecular weight is 566 g/mol. The molecule has 1 aliphatic rings. The van der Waals surface area contributed by atoms with E-state index in [1.165, 1.54) is 49.1 Å². The molecule has 0 aliphatic carbocycles. The van der Waals surface area contributed by atoms with Gasteiger partial charge in [-0.2, -0.15) is 32.2 Å². The molecule has 1 saturated heterocycles. The van der Waals surface area contributed by atoms with Gasteiger partial charge in [0.2, 0.25) is 11.7 Å². The van der Waals surface area contributed by atoms with E-state index in [0.29, 0.717) is 13.0 Å². The Hall–Kier alpha value is -3.96. The SMILES string of the molecule is CC(F)(F)c1nc(OCCO)c2cc(N3C(=S)N(c4ccc(C#N)c(C(F)(F)F)c4)C(=O)C3(C)C)ccc2n1. The summed E-state index contributed by atoms with van der Waals surface area (Å²) >= 11 is 5.54. The third-order valence-electron chi connectivity index (χ3n) is 5.98.